The molecular weight excluding hydrogens is 129 g/mol. The third-order valence-electron chi connectivity index (χ3n) is 1.01. The van der Waals surface area contributed by atoms with Gasteiger partial charge in [-0.25, -0.2) is 4.39 Å². The number of hydrogen-bond donors (Lipinski definition) is 1. The van der Waals surface area contributed by atoms with Gasteiger partial charge in [-0.05, 0) is 6.08 Å². The lowest BCUT2D eigenvalue weighted by Crippen LogP contribution is -1.94. The van der Waals surface area contributed by atoms with Crippen LogP contribution in [0.3, 0.4) is 0 Å². The summed E-state index contributed by atoms with van der Waals surface area (Å²) in [5.41, 5.74) is 5.22. The van der Waals surface area contributed by atoms with Gasteiger partial charge in [0.1, 0.15) is 5.83 Å². The fraction of sp³-hybridized carbons (Fsp3) is 0.200. The first-order chi connectivity index (χ1) is 3.72. The summed E-state index contributed by atoms with van der Waals surface area (Å²) in [7, 11) is 0. The molecule has 1 aliphatic rings. The second-order valence-electron chi connectivity index (χ2n) is 1.57. The predicted molar refractivity (Wildman–Crippen MR) is 30.9 cm³/mol. The Hall–Kier alpha value is -0.500. The summed E-state index contributed by atoms with van der Waals surface area (Å²) in [4.78, 5) is 0. The summed E-state index contributed by atoms with van der Waals surface area (Å²) in [5.74, 6) is -0.394. The Morgan fingerprint density at radius 2 is 2.38 bits per heavy atom. The number of rotatable bonds is 0. The average molecular weight is 134 g/mol. The minimum Gasteiger partial charge on any atom is -0.395 e. The smallest absolute Gasteiger partial charge is 0.143 e. The van der Waals surface area contributed by atoms with E-state index in [2.05, 4.69) is 0 Å². The van der Waals surface area contributed by atoms with Crippen LogP contribution in [0.4, 0.5) is 4.39 Å². The van der Waals surface area contributed by atoms with Crippen LogP contribution >= 0.6 is 11.6 Å². The van der Waals surface area contributed by atoms with Crippen molar-refractivity contribution in [2.45, 2.75) is 6.42 Å². The molecule has 0 aromatic heterocycles. The van der Waals surface area contributed by atoms with Gasteiger partial charge in [0.25, 0.3) is 0 Å². The fourth-order valence-corrected chi connectivity index (χ4v) is 0.696. The molecule has 2 N–H and O–H groups in total. The van der Waals surface area contributed by atoms with E-state index in [0.29, 0.717) is 11.5 Å². The minimum absolute atomic E-state index is 0.0895. The molecule has 0 amide bonds. The van der Waals surface area contributed by atoms with Gasteiger partial charge < -0.3 is 5.73 Å². The topological polar surface area (TPSA) is 26.0 Å². The summed E-state index contributed by atoms with van der Waals surface area (Å²) in [6, 6.07) is 0. The van der Waals surface area contributed by atoms with E-state index in [4.69, 9.17) is 17.3 Å². The maximum absolute atomic E-state index is 12.2. The third kappa shape index (κ3) is 0.713. The van der Waals surface area contributed by atoms with Crippen molar-refractivity contribution in [3.05, 3.63) is 22.6 Å². The highest BCUT2D eigenvalue weighted by Crippen LogP contribution is 2.25. The van der Waals surface area contributed by atoms with Gasteiger partial charge in [-0.1, -0.05) is 11.6 Å². The number of nitrogens with two attached hydrogens (primary N) is 1. The molecule has 0 radical (unpaired) electrons. The Balaban J connectivity index is 2.88. The van der Waals surface area contributed by atoms with E-state index in [1.165, 1.54) is 6.08 Å². The van der Waals surface area contributed by atoms with Gasteiger partial charge in [-0.3, -0.25) is 0 Å². The fourth-order valence-electron chi connectivity index (χ4n) is 0.529. The van der Waals surface area contributed by atoms with Crippen LogP contribution in [0.1, 0.15) is 6.42 Å². The van der Waals surface area contributed by atoms with Crippen LogP contribution in [0, 0.1) is 0 Å². The molecule has 1 rings (SSSR count). The van der Waals surface area contributed by atoms with Gasteiger partial charge in [0.15, 0.2) is 0 Å². The van der Waals surface area contributed by atoms with E-state index in [1.807, 2.05) is 0 Å². The third-order valence-corrected chi connectivity index (χ3v) is 1.37. The molecule has 3 heteroatoms. The molecule has 0 heterocycles. The van der Waals surface area contributed by atoms with Crippen LogP contribution in [0.5, 0.6) is 0 Å². The van der Waals surface area contributed by atoms with Gasteiger partial charge in [0.05, 0.1) is 5.70 Å². The Morgan fingerprint density at radius 3 is 2.50 bits per heavy atom. The standard InChI is InChI=1S/C5H5ClFN/c6-3-1-2-4(7)5(3)8/h2H,1,8H2. The lowest BCUT2D eigenvalue weighted by molar-refractivity contribution is 0.651. The molecule has 0 unspecified atom stereocenters. The molecule has 0 aliphatic heterocycles. The molecule has 1 aliphatic carbocycles. The number of allylic oxidation sites excluding steroid dienone is 3. The van der Waals surface area contributed by atoms with E-state index in [9.17, 15) is 4.39 Å². The molecule has 0 saturated heterocycles. The van der Waals surface area contributed by atoms with Crippen molar-refractivity contribution in [1.82, 2.24) is 0 Å². The van der Waals surface area contributed by atoms with E-state index in [-0.39, 0.29) is 5.70 Å². The molecule has 0 spiro atoms. The van der Waals surface area contributed by atoms with Crippen molar-refractivity contribution in [2.75, 3.05) is 0 Å². The van der Waals surface area contributed by atoms with Crippen molar-refractivity contribution >= 4 is 11.6 Å². The van der Waals surface area contributed by atoms with Gasteiger partial charge in [-0.2, -0.15) is 0 Å². The van der Waals surface area contributed by atoms with E-state index in [0.717, 1.165) is 0 Å². The molecular formula is C5H5ClFN. The van der Waals surface area contributed by atoms with Crippen molar-refractivity contribution < 1.29 is 4.39 Å². The second kappa shape index (κ2) is 1.78. The highest BCUT2D eigenvalue weighted by Gasteiger charge is 2.11. The number of halogens is 2. The predicted octanol–water partition coefficient (Wildman–Crippen LogP) is 1.65. The highest BCUT2D eigenvalue weighted by atomic mass is 35.5. The maximum atomic E-state index is 12.2. The van der Waals surface area contributed by atoms with Crippen LogP contribution in [0.25, 0.3) is 0 Å². The Kier molecular flexibility index (Phi) is 1.26. The quantitative estimate of drug-likeness (QED) is 0.534. The Bertz CT molecular complexity index is 166. The largest absolute Gasteiger partial charge is 0.395 e. The summed E-state index contributed by atoms with van der Waals surface area (Å²) < 4.78 is 12.2. The highest BCUT2D eigenvalue weighted by molar-refractivity contribution is 6.30. The molecule has 8 heavy (non-hydrogen) atoms. The van der Waals surface area contributed by atoms with Gasteiger partial charge >= 0.3 is 0 Å². The zero-order valence-corrected chi connectivity index (χ0v) is 4.87. The van der Waals surface area contributed by atoms with Gasteiger partial charge in [-0.15, -0.1) is 0 Å². The van der Waals surface area contributed by atoms with E-state index < -0.39 is 5.83 Å². The lowest BCUT2D eigenvalue weighted by Gasteiger charge is -1.88. The zero-order chi connectivity index (χ0) is 6.15. The Labute approximate surface area is 51.6 Å². The number of hydrogen-bond acceptors (Lipinski definition) is 1. The van der Waals surface area contributed by atoms with Crippen LogP contribution in [-0.2, 0) is 0 Å². The summed E-state index contributed by atoms with van der Waals surface area (Å²) in [6.45, 7) is 0. The Morgan fingerprint density at radius 1 is 1.75 bits per heavy atom. The zero-order valence-electron chi connectivity index (χ0n) is 4.12. The monoisotopic (exact) mass is 133 g/mol. The van der Waals surface area contributed by atoms with Crippen molar-refractivity contribution in [3.8, 4) is 0 Å². The molecule has 0 aromatic rings. The molecule has 0 aromatic carbocycles. The first-order valence-corrected chi connectivity index (χ1v) is 2.60. The second-order valence-corrected chi connectivity index (χ2v) is 2.03. The van der Waals surface area contributed by atoms with Crippen LogP contribution in [0.15, 0.2) is 22.6 Å². The minimum atomic E-state index is -0.394. The SMILES string of the molecule is NC1=C(Cl)CC=C1F. The molecule has 1 nitrogen and oxygen atoms in total. The first-order valence-electron chi connectivity index (χ1n) is 2.22. The first kappa shape index (κ1) is 5.63. The van der Waals surface area contributed by atoms with Crippen LogP contribution < -0.4 is 5.73 Å². The van der Waals surface area contributed by atoms with Crippen LogP contribution in [-0.4, -0.2) is 0 Å². The molecule has 0 atom stereocenters. The average Bonchev–Trinajstić information content (AvgIpc) is 1.98. The normalized spacial score (nSPS) is 19.5. The lowest BCUT2D eigenvalue weighted by atomic mass is 10.5. The molecule has 0 saturated carbocycles. The van der Waals surface area contributed by atoms with Crippen LogP contribution in [0.2, 0.25) is 0 Å². The maximum Gasteiger partial charge on any atom is 0.143 e. The summed E-state index contributed by atoms with van der Waals surface area (Å²) in [5, 5.41) is 0.405. The molecule has 0 fully saturated rings. The summed E-state index contributed by atoms with van der Waals surface area (Å²) in [6.07, 6.45) is 1.80. The van der Waals surface area contributed by atoms with E-state index >= 15 is 0 Å². The van der Waals surface area contributed by atoms with Crippen molar-refractivity contribution in [1.29, 1.82) is 0 Å². The van der Waals surface area contributed by atoms with E-state index in [1.54, 1.807) is 0 Å². The van der Waals surface area contributed by atoms with Gasteiger partial charge in [0.2, 0.25) is 0 Å². The molecule has 0 bridgehead atoms. The van der Waals surface area contributed by atoms with Crippen molar-refractivity contribution in [3.63, 3.8) is 0 Å². The molecule has 44 valence electrons. The summed E-state index contributed by atoms with van der Waals surface area (Å²) >= 11 is 5.42. The van der Waals surface area contributed by atoms with Crippen molar-refractivity contribution in [2.24, 2.45) is 5.73 Å². The van der Waals surface area contributed by atoms with Gasteiger partial charge in [0, 0.05) is 11.5 Å².